The van der Waals surface area contributed by atoms with E-state index in [4.69, 9.17) is 4.74 Å². The second kappa shape index (κ2) is 8.41. The van der Waals surface area contributed by atoms with Crippen LogP contribution in [0.4, 0.5) is 17.6 Å². The van der Waals surface area contributed by atoms with Crippen molar-refractivity contribution in [2.45, 2.75) is 33.1 Å². The van der Waals surface area contributed by atoms with Gasteiger partial charge in [-0.15, -0.1) is 0 Å². The molecule has 0 amide bonds. The normalized spacial score (nSPS) is 12.2. The highest BCUT2D eigenvalue weighted by molar-refractivity contribution is 6.05. The highest BCUT2D eigenvalue weighted by Crippen LogP contribution is 2.39. The summed E-state index contributed by atoms with van der Waals surface area (Å²) >= 11 is 0. The van der Waals surface area contributed by atoms with Gasteiger partial charge in [-0.3, -0.25) is 14.2 Å². The van der Waals surface area contributed by atoms with Crippen molar-refractivity contribution >= 4 is 22.8 Å². The first-order chi connectivity index (χ1) is 14.6. The number of fused-ring (bicyclic) bond motifs is 1. The average molecular weight is 437 g/mol. The van der Waals surface area contributed by atoms with Gasteiger partial charge in [0.2, 0.25) is 0 Å². The van der Waals surface area contributed by atoms with E-state index in [9.17, 15) is 32.3 Å². The minimum absolute atomic E-state index is 0.0137. The van der Waals surface area contributed by atoms with Crippen molar-refractivity contribution < 1.29 is 37.0 Å². The Bertz CT molecular complexity index is 1200. The molecule has 1 unspecified atom stereocenters. The number of rotatable bonds is 5. The maximum Gasteiger partial charge on any atom is 0.313 e. The minimum Gasteiger partial charge on any atom is -0.503 e. The maximum atomic E-state index is 14.9. The summed E-state index contributed by atoms with van der Waals surface area (Å²) in [6, 6.07) is 3.18. The van der Waals surface area contributed by atoms with Gasteiger partial charge < -0.3 is 9.84 Å². The molecule has 9 heteroatoms. The third-order valence-corrected chi connectivity index (χ3v) is 5.01. The highest BCUT2D eigenvalue weighted by atomic mass is 19.2. The van der Waals surface area contributed by atoms with Crippen LogP contribution in [0.25, 0.3) is 10.9 Å². The van der Waals surface area contributed by atoms with Crippen LogP contribution in [-0.4, -0.2) is 28.2 Å². The average Bonchev–Trinajstić information content (AvgIpc) is 3.02. The van der Waals surface area contributed by atoms with Crippen molar-refractivity contribution in [3.05, 3.63) is 64.4 Å². The van der Waals surface area contributed by atoms with Gasteiger partial charge >= 0.3 is 5.97 Å². The lowest BCUT2D eigenvalue weighted by Gasteiger charge is -2.13. The lowest BCUT2D eigenvalue weighted by Crippen LogP contribution is -2.17. The van der Waals surface area contributed by atoms with Gasteiger partial charge in [0, 0.05) is 22.7 Å². The van der Waals surface area contributed by atoms with Gasteiger partial charge in [-0.25, -0.2) is 17.6 Å². The van der Waals surface area contributed by atoms with Crippen LogP contribution < -0.4 is 0 Å². The van der Waals surface area contributed by atoms with Crippen LogP contribution >= 0.6 is 0 Å². The molecule has 0 spiro atoms. The number of carbonyl (C=O) groups excluding carboxylic acids is 2. The molecule has 1 atom stereocenters. The summed E-state index contributed by atoms with van der Waals surface area (Å²) in [6.07, 6.45) is 0.550. The summed E-state index contributed by atoms with van der Waals surface area (Å²) in [6.45, 7) is 4.73. The quantitative estimate of drug-likeness (QED) is 0.453. The fraction of sp³-hybridized carbons (Fsp3) is 0.273. The van der Waals surface area contributed by atoms with Gasteiger partial charge in [-0.2, -0.15) is 0 Å². The van der Waals surface area contributed by atoms with Crippen molar-refractivity contribution in [1.29, 1.82) is 0 Å². The second-order valence-electron chi connectivity index (χ2n) is 7.07. The van der Waals surface area contributed by atoms with Crippen LogP contribution in [0.2, 0.25) is 0 Å². The van der Waals surface area contributed by atoms with Crippen LogP contribution in [0.1, 0.15) is 47.8 Å². The van der Waals surface area contributed by atoms with Gasteiger partial charge in [-0.1, -0.05) is 6.92 Å². The summed E-state index contributed by atoms with van der Waals surface area (Å²) in [5.41, 5.74) is -0.472. The number of hydrogen-bond donors (Lipinski definition) is 1. The van der Waals surface area contributed by atoms with E-state index in [1.54, 1.807) is 6.92 Å². The standard InChI is InChI=1S/C22H19F4NO4/c1-4-7-31-22(30)10(2)17-11(3)27(16-9-15(25)20(28)19(26)18(16)17)21(29)12-5-6-13(23)14(24)8-12/h5-6,8-10,28H,4,7H2,1-3H3. The fourth-order valence-corrected chi connectivity index (χ4v) is 3.51. The Morgan fingerprint density at radius 3 is 2.39 bits per heavy atom. The van der Waals surface area contributed by atoms with E-state index >= 15 is 0 Å². The molecule has 1 N–H and O–H groups in total. The molecule has 2 aromatic carbocycles. The molecule has 31 heavy (non-hydrogen) atoms. The summed E-state index contributed by atoms with van der Waals surface area (Å²) in [5.74, 6) is -9.03. The zero-order chi connectivity index (χ0) is 23.0. The number of benzene rings is 2. The molecular weight excluding hydrogens is 418 g/mol. The number of ether oxygens (including phenoxy) is 1. The van der Waals surface area contributed by atoms with E-state index in [1.807, 2.05) is 0 Å². The van der Waals surface area contributed by atoms with E-state index in [-0.39, 0.29) is 34.3 Å². The van der Waals surface area contributed by atoms with Crippen LogP contribution in [0.5, 0.6) is 5.75 Å². The Labute approximate surface area is 174 Å². The Morgan fingerprint density at radius 1 is 1.10 bits per heavy atom. The van der Waals surface area contributed by atoms with Crippen molar-refractivity contribution in [1.82, 2.24) is 4.57 Å². The Kier molecular flexibility index (Phi) is 6.06. The molecule has 0 fully saturated rings. The highest BCUT2D eigenvalue weighted by Gasteiger charge is 2.31. The van der Waals surface area contributed by atoms with Gasteiger partial charge in [-0.05, 0) is 44.0 Å². The van der Waals surface area contributed by atoms with E-state index in [0.717, 1.165) is 22.8 Å². The molecule has 1 heterocycles. The van der Waals surface area contributed by atoms with Crippen molar-refractivity contribution in [2.24, 2.45) is 0 Å². The summed E-state index contributed by atoms with van der Waals surface area (Å²) in [4.78, 5) is 25.5. The molecule has 0 saturated heterocycles. The molecule has 164 valence electrons. The maximum absolute atomic E-state index is 14.9. The van der Waals surface area contributed by atoms with Crippen LogP contribution in [0.3, 0.4) is 0 Å². The summed E-state index contributed by atoms with van der Waals surface area (Å²) < 4.78 is 62.0. The van der Waals surface area contributed by atoms with Crippen LogP contribution in [0.15, 0.2) is 24.3 Å². The molecular formula is C22H19F4NO4. The number of esters is 1. The largest absolute Gasteiger partial charge is 0.503 e. The van der Waals surface area contributed by atoms with E-state index in [0.29, 0.717) is 12.5 Å². The Balaban J connectivity index is 2.29. The summed E-state index contributed by atoms with van der Waals surface area (Å²) in [5, 5.41) is 9.42. The Hall–Kier alpha value is -3.36. The molecule has 0 saturated carbocycles. The van der Waals surface area contributed by atoms with Gasteiger partial charge in [0.25, 0.3) is 5.91 Å². The third kappa shape index (κ3) is 3.75. The number of nitrogens with zero attached hydrogens (tertiary/aromatic N) is 1. The SMILES string of the molecule is CCCOC(=O)C(C)c1c(C)n(C(=O)c2ccc(F)c(F)c2)c2cc(F)c(O)c(F)c12. The molecule has 0 radical (unpaired) electrons. The first-order valence-electron chi connectivity index (χ1n) is 9.48. The third-order valence-electron chi connectivity index (χ3n) is 5.01. The van der Waals surface area contributed by atoms with Gasteiger partial charge in [0.05, 0.1) is 18.0 Å². The number of phenolic OH excluding ortho intramolecular Hbond substituents is 1. The Morgan fingerprint density at radius 2 is 1.77 bits per heavy atom. The predicted octanol–water partition coefficient (Wildman–Crippen LogP) is 4.96. The van der Waals surface area contributed by atoms with Crippen molar-refractivity contribution in [3.8, 4) is 5.75 Å². The zero-order valence-electron chi connectivity index (χ0n) is 16.9. The number of hydrogen-bond acceptors (Lipinski definition) is 4. The molecule has 3 aromatic rings. The van der Waals surface area contributed by atoms with Crippen molar-refractivity contribution in [3.63, 3.8) is 0 Å². The molecule has 3 rings (SSSR count). The fourth-order valence-electron chi connectivity index (χ4n) is 3.51. The lowest BCUT2D eigenvalue weighted by atomic mass is 9.97. The number of phenols is 1. The molecule has 0 aliphatic rings. The zero-order valence-corrected chi connectivity index (χ0v) is 16.9. The number of aromatic nitrogens is 1. The monoisotopic (exact) mass is 437 g/mol. The molecule has 5 nitrogen and oxygen atoms in total. The van der Waals surface area contributed by atoms with Crippen LogP contribution in [-0.2, 0) is 9.53 Å². The van der Waals surface area contributed by atoms with Gasteiger partial charge in [0.15, 0.2) is 29.0 Å². The lowest BCUT2D eigenvalue weighted by molar-refractivity contribution is -0.145. The van der Waals surface area contributed by atoms with Crippen LogP contribution in [0, 0.1) is 30.2 Å². The minimum atomic E-state index is -1.35. The molecule has 0 aliphatic heterocycles. The topological polar surface area (TPSA) is 68.5 Å². The van der Waals surface area contributed by atoms with Gasteiger partial charge in [0.1, 0.15) is 0 Å². The second-order valence-corrected chi connectivity index (χ2v) is 7.07. The van der Waals surface area contributed by atoms with Crippen molar-refractivity contribution in [2.75, 3.05) is 6.61 Å². The predicted molar refractivity (Wildman–Crippen MR) is 104 cm³/mol. The first-order valence-corrected chi connectivity index (χ1v) is 9.48. The van der Waals surface area contributed by atoms with E-state index in [1.165, 1.54) is 13.8 Å². The number of carbonyl (C=O) groups is 2. The van der Waals surface area contributed by atoms with E-state index < -0.39 is 46.8 Å². The number of halogens is 4. The number of aromatic hydroxyl groups is 1. The van der Waals surface area contributed by atoms with E-state index in [2.05, 4.69) is 0 Å². The smallest absolute Gasteiger partial charge is 0.313 e. The first kappa shape index (κ1) is 22.3. The molecule has 1 aromatic heterocycles. The molecule has 0 bridgehead atoms. The summed E-state index contributed by atoms with van der Waals surface area (Å²) in [7, 11) is 0. The molecule has 0 aliphatic carbocycles.